The van der Waals surface area contributed by atoms with Crippen LogP contribution >= 0.6 is 0 Å². The minimum Gasteiger partial charge on any atom is -0.303 e. The first-order valence-electron chi connectivity index (χ1n) is 5.55. The molecule has 0 heterocycles. The largest absolute Gasteiger partial charge is 0.303 e. The molecule has 84 valence electrons. The van der Waals surface area contributed by atoms with E-state index in [-0.39, 0.29) is 0 Å². The number of aryl methyl sites for hydroxylation is 2. The fraction of sp³-hybridized carbons (Fsp3) is 0.500. The molecule has 0 saturated heterocycles. The number of hydrogen-bond acceptors (Lipinski definition) is 1. The summed E-state index contributed by atoms with van der Waals surface area (Å²) in [5.41, 5.74) is 2.50. The Bertz CT molecular complexity index is 256. The summed E-state index contributed by atoms with van der Waals surface area (Å²) in [6, 6.07) is 8.28. The van der Waals surface area contributed by atoms with Crippen molar-refractivity contribution in [3.05, 3.63) is 35.4 Å². The molecule has 0 unspecified atom stereocenters. The summed E-state index contributed by atoms with van der Waals surface area (Å²) < 4.78 is 0. The van der Waals surface area contributed by atoms with Crippen molar-refractivity contribution >= 4 is 6.29 Å². The van der Waals surface area contributed by atoms with E-state index in [9.17, 15) is 4.79 Å². The van der Waals surface area contributed by atoms with Crippen molar-refractivity contribution < 1.29 is 4.79 Å². The smallest absolute Gasteiger partial charge is 0.120 e. The Morgan fingerprint density at radius 3 is 2.00 bits per heavy atom. The average molecular weight is 206 g/mol. The minimum atomic E-state index is 0.628. The van der Waals surface area contributed by atoms with Gasteiger partial charge in [0.2, 0.25) is 0 Å². The van der Waals surface area contributed by atoms with Gasteiger partial charge >= 0.3 is 0 Å². The highest BCUT2D eigenvalue weighted by Crippen LogP contribution is 2.04. The molecule has 0 saturated carbocycles. The molecule has 0 amide bonds. The first kappa shape index (κ1) is 13.9. The lowest BCUT2D eigenvalue weighted by atomic mass is 10.1. The van der Waals surface area contributed by atoms with Gasteiger partial charge in [-0.05, 0) is 24.8 Å². The second-order valence-corrected chi connectivity index (χ2v) is 4.42. The van der Waals surface area contributed by atoms with Crippen molar-refractivity contribution in [3.63, 3.8) is 0 Å². The minimum absolute atomic E-state index is 0.628. The predicted octanol–water partition coefficient (Wildman–Crippen LogP) is 3.79. The Labute approximate surface area is 93.5 Å². The van der Waals surface area contributed by atoms with Gasteiger partial charge in [0.05, 0.1) is 0 Å². The van der Waals surface area contributed by atoms with Crippen LogP contribution in [0.2, 0.25) is 0 Å². The zero-order valence-electron chi connectivity index (χ0n) is 10.3. The van der Waals surface area contributed by atoms with Crippen molar-refractivity contribution in [2.75, 3.05) is 0 Å². The summed E-state index contributed by atoms with van der Waals surface area (Å²) in [6.07, 6.45) is 2.45. The van der Waals surface area contributed by atoms with Crippen LogP contribution in [0.4, 0.5) is 0 Å². The fourth-order valence-electron chi connectivity index (χ4n) is 0.980. The molecule has 0 atom stereocenters. The third-order valence-corrected chi connectivity index (χ3v) is 1.67. The molecule has 0 aliphatic rings. The van der Waals surface area contributed by atoms with Gasteiger partial charge in [-0.25, -0.2) is 0 Å². The van der Waals surface area contributed by atoms with Crippen LogP contribution in [0.15, 0.2) is 24.3 Å². The number of carbonyl (C=O) groups is 1. The molecular formula is C14H22O. The third kappa shape index (κ3) is 9.20. The van der Waals surface area contributed by atoms with Crippen molar-refractivity contribution in [3.8, 4) is 0 Å². The van der Waals surface area contributed by atoms with Crippen LogP contribution in [0.5, 0.6) is 0 Å². The molecule has 0 radical (unpaired) electrons. The maximum Gasteiger partial charge on any atom is 0.120 e. The van der Waals surface area contributed by atoms with E-state index >= 15 is 0 Å². The normalized spacial score (nSPS) is 9.40. The molecule has 1 nitrogen and oxygen atoms in total. The van der Waals surface area contributed by atoms with Gasteiger partial charge in [-0.2, -0.15) is 0 Å². The van der Waals surface area contributed by atoms with E-state index in [2.05, 4.69) is 52.0 Å². The lowest BCUT2D eigenvalue weighted by molar-refractivity contribution is -0.107. The fourth-order valence-corrected chi connectivity index (χ4v) is 0.980. The summed E-state index contributed by atoms with van der Waals surface area (Å²) in [5.74, 6) is 0.833. The van der Waals surface area contributed by atoms with Crippen LogP contribution in [-0.4, -0.2) is 6.29 Å². The zero-order valence-corrected chi connectivity index (χ0v) is 10.3. The molecule has 0 bridgehead atoms. The van der Waals surface area contributed by atoms with Crippen molar-refractivity contribution in [1.29, 1.82) is 0 Å². The highest BCUT2D eigenvalue weighted by molar-refractivity contribution is 5.50. The highest BCUT2D eigenvalue weighted by atomic mass is 16.1. The van der Waals surface area contributed by atoms with Gasteiger partial charge in [0.25, 0.3) is 0 Å². The second-order valence-electron chi connectivity index (χ2n) is 4.42. The van der Waals surface area contributed by atoms with E-state index in [4.69, 9.17) is 0 Å². The summed E-state index contributed by atoms with van der Waals surface area (Å²) in [7, 11) is 0. The van der Waals surface area contributed by atoms with Gasteiger partial charge in [-0.1, -0.05) is 50.6 Å². The van der Waals surface area contributed by atoms with E-state index in [1.807, 2.05) is 0 Å². The van der Waals surface area contributed by atoms with Crippen LogP contribution in [0, 0.1) is 12.8 Å². The van der Waals surface area contributed by atoms with Gasteiger partial charge in [0, 0.05) is 6.42 Å². The van der Waals surface area contributed by atoms with Crippen LogP contribution in [0.1, 0.15) is 38.3 Å². The van der Waals surface area contributed by atoms with Crippen LogP contribution < -0.4 is 0 Å². The molecule has 1 aromatic carbocycles. The lowest BCUT2D eigenvalue weighted by Gasteiger charge is -1.96. The monoisotopic (exact) mass is 206 g/mol. The van der Waals surface area contributed by atoms with Gasteiger partial charge < -0.3 is 4.79 Å². The van der Waals surface area contributed by atoms with Gasteiger partial charge in [-0.15, -0.1) is 0 Å². The van der Waals surface area contributed by atoms with Gasteiger partial charge in [0.1, 0.15) is 6.29 Å². The number of benzene rings is 1. The Hall–Kier alpha value is -1.11. The van der Waals surface area contributed by atoms with Crippen molar-refractivity contribution in [1.82, 2.24) is 0 Å². The number of hydrogen-bond donors (Lipinski definition) is 0. The van der Waals surface area contributed by atoms with E-state index in [1.165, 1.54) is 11.1 Å². The average Bonchev–Trinajstić information content (AvgIpc) is 2.16. The Morgan fingerprint density at radius 1 is 1.13 bits per heavy atom. The molecule has 0 N–H and O–H groups in total. The van der Waals surface area contributed by atoms with E-state index in [1.54, 1.807) is 0 Å². The molecule has 1 rings (SSSR count). The summed E-state index contributed by atoms with van der Waals surface area (Å²) in [5, 5.41) is 0. The molecule has 0 aliphatic heterocycles. The topological polar surface area (TPSA) is 17.1 Å². The molecule has 1 aromatic rings. The van der Waals surface area contributed by atoms with Gasteiger partial charge in [-0.3, -0.25) is 0 Å². The molecule has 0 aliphatic carbocycles. The standard InChI is InChI=1S/C10H12O.C4H10/c1-9-4-6-10(7-5-9)3-2-8-11;1-4(2)3/h4-8H,2-3H2,1H3;4H,1-3H3. The molecule has 15 heavy (non-hydrogen) atoms. The van der Waals surface area contributed by atoms with Crippen LogP contribution in [-0.2, 0) is 11.2 Å². The Balaban J connectivity index is 0.000000423. The quantitative estimate of drug-likeness (QED) is 0.688. The number of carbonyl (C=O) groups excluding carboxylic acids is 1. The summed E-state index contributed by atoms with van der Waals surface area (Å²) >= 11 is 0. The lowest BCUT2D eigenvalue weighted by Crippen LogP contribution is -1.85. The SMILES string of the molecule is CC(C)C.Cc1ccc(CCC=O)cc1. The molecule has 0 fully saturated rings. The summed E-state index contributed by atoms with van der Waals surface area (Å²) in [4.78, 5) is 10.0. The van der Waals surface area contributed by atoms with E-state index in [0.717, 1.165) is 18.6 Å². The maximum absolute atomic E-state index is 10.0. The molecule has 0 spiro atoms. The van der Waals surface area contributed by atoms with Crippen molar-refractivity contribution in [2.45, 2.75) is 40.5 Å². The second kappa shape index (κ2) is 8.22. The molecular weight excluding hydrogens is 184 g/mol. The number of rotatable bonds is 3. The van der Waals surface area contributed by atoms with Crippen LogP contribution in [0.3, 0.4) is 0 Å². The highest BCUT2D eigenvalue weighted by Gasteiger charge is 1.90. The van der Waals surface area contributed by atoms with Crippen LogP contribution in [0.25, 0.3) is 0 Å². The van der Waals surface area contributed by atoms with E-state index < -0.39 is 0 Å². The summed E-state index contributed by atoms with van der Waals surface area (Å²) in [6.45, 7) is 8.56. The maximum atomic E-state index is 10.0. The zero-order chi connectivity index (χ0) is 11.7. The first-order valence-corrected chi connectivity index (χ1v) is 5.55. The molecule has 1 heteroatoms. The first-order chi connectivity index (χ1) is 7.06. The van der Waals surface area contributed by atoms with E-state index in [0.29, 0.717) is 6.42 Å². The number of aldehydes is 1. The Kier molecular flexibility index (Phi) is 7.61. The Morgan fingerprint density at radius 2 is 1.60 bits per heavy atom. The predicted molar refractivity (Wildman–Crippen MR) is 66.1 cm³/mol. The third-order valence-electron chi connectivity index (χ3n) is 1.67. The van der Waals surface area contributed by atoms with Crippen molar-refractivity contribution in [2.24, 2.45) is 5.92 Å². The molecule has 0 aromatic heterocycles. The van der Waals surface area contributed by atoms with Gasteiger partial charge in [0.15, 0.2) is 0 Å².